The molecule has 120 valence electrons. The van der Waals surface area contributed by atoms with Crippen LogP contribution in [0, 0.1) is 13.8 Å². The summed E-state index contributed by atoms with van der Waals surface area (Å²) in [6.07, 6.45) is 3.23. The van der Waals surface area contributed by atoms with Crippen molar-refractivity contribution in [3.05, 3.63) is 59.2 Å². The van der Waals surface area contributed by atoms with E-state index in [-0.39, 0.29) is 5.91 Å². The Balaban J connectivity index is 2.08. The van der Waals surface area contributed by atoms with Crippen LogP contribution in [0.25, 0.3) is 6.08 Å². The SMILES string of the molecule is CCOc1ccc(/C=C\C(=O)Nc2c(C)cccc2C)cc1N. The maximum Gasteiger partial charge on any atom is 0.248 e. The van der Waals surface area contributed by atoms with Gasteiger partial charge in [0.1, 0.15) is 5.75 Å². The Morgan fingerprint density at radius 3 is 2.52 bits per heavy atom. The number of hydrogen-bond acceptors (Lipinski definition) is 3. The number of anilines is 2. The molecule has 0 fully saturated rings. The van der Waals surface area contributed by atoms with E-state index >= 15 is 0 Å². The highest BCUT2D eigenvalue weighted by Gasteiger charge is 2.05. The van der Waals surface area contributed by atoms with Gasteiger partial charge in [0.05, 0.1) is 12.3 Å². The van der Waals surface area contributed by atoms with Crippen LogP contribution >= 0.6 is 0 Å². The van der Waals surface area contributed by atoms with Crippen LogP contribution in [0.15, 0.2) is 42.5 Å². The average Bonchev–Trinajstić information content (AvgIpc) is 2.51. The van der Waals surface area contributed by atoms with E-state index in [0.29, 0.717) is 18.0 Å². The van der Waals surface area contributed by atoms with Crippen molar-refractivity contribution in [1.29, 1.82) is 0 Å². The summed E-state index contributed by atoms with van der Waals surface area (Å²) < 4.78 is 5.39. The minimum absolute atomic E-state index is 0.171. The van der Waals surface area contributed by atoms with Crippen LogP contribution in [0.1, 0.15) is 23.6 Å². The molecule has 0 aliphatic rings. The largest absolute Gasteiger partial charge is 0.492 e. The number of benzene rings is 2. The number of nitrogens with two attached hydrogens (primary N) is 1. The van der Waals surface area contributed by atoms with E-state index in [0.717, 1.165) is 22.4 Å². The third-order valence-corrected chi connectivity index (χ3v) is 3.49. The van der Waals surface area contributed by atoms with E-state index in [4.69, 9.17) is 10.5 Å². The quantitative estimate of drug-likeness (QED) is 0.649. The van der Waals surface area contributed by atoms with Crippen LogP contribution in [0.4, 0.5) is 11.4 Å². The lowest BCUT2D eigenvalue weighted by Crippen LogP contribution is -2.10. The predicted molar refractivity (Wildman–Crippen MR) is 95.6 cm³/mol. The molecule has 0 heterocycles. The third kappa shape index (κ3) is 4.36. The molecule has 2 rings (SSSR count). The monoisotopic (exact) mass is 310 g/mol. The molecule has 23 heavy (non-hydrogen) atoms. The number of ether oxygens (including phenoxy) is 1. The molecule has 2 aromatic carbocycles. The summed E-state index contributed by atoms with van der Waals surface area (Å²) in [7, 11) is 0. The lowest BCUT2D eigenvalue weighted by molar-refractivity contribution is -0.111. The fraction of sp³-hybridized carbons (Fsp3) is 0.211. The van der Waals surface area contributed by atoms with E-state index < -0.39 is 0 Å². The van der Waals surface area contributed by atoms with Crippen LogP contribution in [0.2, 0.25) is 0 Å². The van der Waals surface area contributed by atoms with Crippen LogP contribution in [0.5, 0.6) is 5.75 Å². The molecule has 0 aromatic heterocycles. The van der Waals surface area contributed by atoms with Crippen molar-refractivity contribution in [3.8, 4) is 5.75 Å². The summed E-state index contributed by atoms with van der Waals surface area (Å²) in [4.78, 5) is 12.1. The van der Waals surface area contributed by atoms with E-state index in [2.05, 4.69) is 5.32 Å². The van der Waals surface area contributed by atoms with Gasteiger partial charge in [-0.1, -0.05) is 24.3 Å². The first kappa shape index (κ1) is 16.6. The number of amides is 1. The Bertz CT molecular complexity index is 716. The van der Waals surface area contributed by atoms with E-state index in [1.54, 1.807) is 12.1 Å². The van der Waals surface area contributed by atoms with Gasteiger partial charge < -0.3 is 15.8 Å². The number of nitrogens with one attached hydrogen (secondary N) is 1. The molecule has 0 saturated heterocycles. The smallest absolute Gasteiger partial charge is 0.248 e. The molecule has 0 radical (unpaired) electrons. The van der Waals surface area contributed by atoms with Gasteiger partial charge in [-0.15, -0.1) is 0 Å². The van der Waals surface area contributed by atoms with E-state index in [9.17, 15) is 4.79 Å². The molecule has 3 N–H and O–H groups in total. The van der Waals surface area contributed by atoms with Crippen molar-refractivity contribution in [2.45, 2.75) is 20.8 Å². The van der Waals surface area contributed by atoms with Crippen molar-refractivity contribution in [1.82, 2.24) is 0 Å². The molecule has 0 aliphatic heterocycles. The zero-order valence-electron chi connectivity index (χ0n) is 13.7. The molecule has 1 amide bonds. The standard InChI is InChI=1S/C19H22N2O2/c1-4-23-17-10-8-15(12-16(17)20)9-11-18(22)21-19-13(2)6-5-7-14(19)3/h5-12H,4,20H2,1-3H3,(H,21,22)/b11-9-. The van der Waals surface area contributed by atoms with Gasteiger partial charge >= 0.3 is 0 Å². The Hall–Kier alpha value is -2.75. The van der Waals surface area contributed by atoms with Crippen molar-refractivity contribution >= 4 is 23.4 Å². The van der Waals surface area contributed by atoms with Crippen LogP contribution in [0.3, 0.4) is 0 Å². The fourth-order valence-corrected chi connectivity index (χ4v) is 2.31. The highest BCUT2D eigenvalue weighted by atomic mass is 16.5. The minimum Gasteiger partial charge on any atom is -0.492 e. The van der Waals surface area contributed by atoms with Crippen LogP contribution in [-0.4, -0.2) is 12.5 Å². The maximum atomic E-state index is 12.1. The van der Waals surface area contributed by atoms with Crippen molar-refractivity contribution in [2.75, 3.05) is 17.7 Å². The summed E-state index contributed by atoms with van der Waals surface area (Å²) in [5, 5.41) is 2.91. The lowest BCUT2D eigenvalue weighted by atomic mass is 10.1. The summed E-state index contributed by atoms with van der Waals surface area (Å²) in [6.45, 7) is 6.42. The molecule has 0 unspecified atom stereocenters. The van der Waals surface area contributed by atoms with E-state index in [1.165, 1.54) is 6.08 Å². The summed E-state index contributed by atoms with van der Waals surface area (Å²) in [5.41, 5.74) is 10.3. The number of nitrogen functional groups attached to an aromatic ring is 1. The van der Waals surface area contributed by atoms with Crippen LogP contribution in [-0.2, 0) is 4.79 Å². The van der Waals surface area contributed by atoms with Crippen LogP contribution < -0.4 is 15.8 Å². The Morgan fingerprint density at radius 2 is 1.91 bits per heavy atom. The van der Waals surface area contributed by atoms with Gasteiger partial charge in [-0.25, -0.2) is 0 Å². The second kappa shape index (κ2) is 7.49. The second-order valence-corrected chi connectivity index (χ2v) is 5.32. The molecular weight excluding hydrogens is 288 g/mol. The molecule has 0 aliphatic carbocycles. The van der Waals surface area contributed by atoms with Gasteiger partial charge in [-0.05, 0) is 55.7 Å². The molecule has 4 heteroatoms. The molecule has 0 bridgehead atoms. The topological polar surface area (TPSA) is 64.3 Å². The van der Waals surface area contributed by atoms with Gasteiger partial charge in [-0.3, -0.25) is 4.79 Å². The van der Waals surface area contributed by atoms with Gasteiger partial charge in [0.15, 0.2) is 0 Å². The normalized spacial score (nSPS) is 10.7. The fourth-order valence-electron chi connectivity index (χ4n) is 2.31. The van der Waals surface area contributed by atoms with Crippen molar-refractivity contribution < 1.29 is 9.53 Å². The molecule has 0 saturated carbocycles. The summed E-state index contributed by atoms with van der Waals surface area (Å²) in [5.74, 6) is 0.486. The molecular formula is C19H22N2O2. The summed E-state index contributed by atoms with van der Waals surface area (Å²) in [6, 6.07) is 11.4. The van der Waals surface area contributed by atoms with Gasteiger partial charge in [0.25, 0.3) is 0 Å². The number of aryl methyl sites for hydroxylation is 2. The number of hydrogen-bond donors (Lipinski definition) is 2. The number of para-hydroxylation sites is 1. The zero-order chi connectivity index (χ0) is 16.8. The number of carbonyl (C=O) groups excluding carboxylic acids is 1. The van der Waals surface area contributed by atoms with Gasteiger partial charge in [0, 0.05) is 11.8 Å². The third-order valence-electron chi connectivity index (χ3n) is 3.49. The Morgan fingerprint density at radius 1 is 1.22 bits per heavy atom. The Kier molecular flexibility index (Phi) is 5.41. The predicted octanol–water partition coefficient (Wildman–Crippen LogP) is 3.94. The maximum absolute atomic E-state index is 12.1. The minimum atomic E-state index is -0.171. The summed E-state index contributed by atoms with van der Waals surface area (Å²) >= 11 is 0. The van der Waals surface area contributed by atoms with Gasteiger partial charge in [0.2, 0.25) is 5.91 Å². The van der Waals surface area contributed by atoms with Gasteiger partial charge in [-0.2, -0.15) is 0 Å². The van der Waals surface area contributed by atoms with Crippen molar-refractivity contribution in [2.24, 2.45) is 0 Å². The average molecular weight is 310 g/mol. The lowest BCUT2D eigenvalue weighted by Gasteiger charge is -2.09. The molecule has 4 nitrogen and oxygen atoms in total. The Labute approximate surface area is 137 Å². The first-order valence-electron chi connectivity index (χ1n) is 7.59. The number of carbonyl (C=O) groups is 1. The highest BCUT2D eigenvalue weighted by Crippen LogP contribution is 2.23. The number of rotatable bonds is 5. The highest BCUT2D eigenvalue weighted by molar-refractivity contribution is 6.02. The molecule has 0 atom stereocenters. The molecule has 0 spiro atoms. The second-order valence-electron chi connectivity index (χ2n) is 5.32. The van der Waals surface area contributed by atoms with E-state index in [1.807, 2.05) is 51.1 Å². The van der Waals surface area contributed by atoms with Crippen molar-refractivity contribution in [3.63, 3.8) is 0 Å². The molecule has 2 aromatic rings. The first-order valence-corrected chi connectivity index (χ1v) is 7.59. The zero-order valence-corrected chi connectivity index (χ0v) is 13.7. The first-order chi connectivity index (χ1) is 11.0.